The SMILES string of the molecule is Cc1ccc2sc3nnc(-c4ccncc4)n3c2c1C. The molecular weight excluding hydrogens is 268 g/mol. The van der Waals surface area contributed by atoms with Crippen molar-refractivity contribution in [3.8, 4) is 11.4 Å². The normalized spacial score (nSPS) is 11.5. The van der Waals surface area contributed by atoms with Crippen LogP contribution in [0, 0.1) is 13.8 Å². The van der Waals surface area contributed by atoms with E-state index in [1.807, 2.05) is 12.1 Å². The lowest BCUT2D eigenvalue weighted by molar-refractivity contribution is 1.11. The van der Waals surface area contributed by atoms with Crippen LogP contribution in [0.4, 0.5) is 0 Å². The Labute approximate surface area is 119 Å². The van der Waals surface area contributed by atoms with E-state index in [0.717, 1.165) is 16.3 Å². The number of aromatic nitrogens is 4. The van der Waals surface area contributed by atoms with Gasteiger partial charge in [-0.15, -0.1) is 10.2 Å². The van der Waals surface area contributed by atoms with Gasteiger partial charge < -0.3 is 0 Å². The predicted octanol–water partition coefficient (Wildman–Crippen LogP) is 3.62. The van der Waals surface area contributed by atoms with Crippen molar-refractivity contribution < 1.29 is 0 Å². The van der Waals surface area contributed by atoms with Crippen molar-refractivity contribution in [1.29, 1.82) is 0 Å². The topological polar surface area (TPSA) is 43.1 Å². The molecule has 0 unspecified atom stereocenters. The molecule has 0 radical (unpaired) electrons. The van der Waals surface area contributed by atoms with Gasteiger partial charge in [0.1, 0.15) is 0 Å². The zero-order valence-electron chi connectivity index (χ0n) is 11.2. The summed E-state index contributed by atoms with van der Waals surface area (Å²) >= 11 is 1.67. The lowest BCUT2D eigenvalue weighted by Gasteiger charge is -2.04. The molecule has 0 aliphatic heterocycles. The Hall–Kier alpha value is -2.27. The lowest BCUT2D eigenvalue weighted by Crippen LogP contribution is -1.91. The number of hydrogen-bond donors (Lipinski definition) is 0. The first-order valence-corrected chi connectivity index (χ1v) is 7.21. The van der Waals surface area contributed by atoms with Gasteiger partial charge in [-0.1, -0.05) is 17.4 Å². The Morgan fingerprint density at radius 1 is 1.00 bits per heavy atom. The summed E-state index contributed by atoms with van der Waals surface area (Å²) in [5, 5.41) is 8.66. The summed E-state index contributed by atoms with van der Waals surface area (Å²) in [5.41, 5.74) is 4.81. The molecule has 20 heavy (non-hydrogen) atoms. The second kappa shape index (κ2) is 4.11. The first-order valence-electron chi connectivity index (χ1n) is 6.40. The number of aryl methyl sites for hydroxylation is 2. The number of pyridine rings is 1. The van der Waals surface area contributed by atoms with Crippen LogP contribution in [0.3, 0.4) is 0 Å². The van der Waals surface area contributed by atoms with E-state index in [2.05, 4.69) is 45.6 Å². The zero-order valence-corrected chi connectivity index (χ0v) is 12.0. The molecule has 4 rings (SSSR count). The second-order valence-corrected chi connectivity index (χ2v) is 5.84. The van der Waals surface area contributed by atoms with Crippen LogP contribution < -0.4 is 0 Å². The monoisotopic (exact) mass is 280 g/mol. The molecule has 0 bridgehead atoms. The van der Waals surface area contributed by atoms with Gasteiger partial charge >= 0.3 is 0 Å². The minimum atomic E-state index is 0.877. The first kappa shape index (κ1) is 11.5. The smallest absolute Gasteiger partial charge is 0.217 e. The Kier molecular flexibility index (Phi) is 2.37. The lowest BCUT2D eigenvalue weighted by atomic mass is 10.1. The number of nitrogens with zero attached hydrogens (tertiary/aromatic N) is 4. The molecule has 0 fully saturated rings. The maximum Gasteiger partial charge on any atom is 0.217 e. The number of rotatable bonds is 1. The van der Waals surface area contributed by atoms with Crippen molar-refractivity contribution in [1.82, 2.24) is 19.6 Å². The van der Waals surface area contributed by atoms with Crippen LogP contribution >= 0.6 is 11.3 Å². The molecule has 1 aromatic carbocycles. The van der Waals surface area contributed by atoms with E-state index < -0.39 is 0 Å². The van der Waals surface area contributed by atoms with E-state index in [4.69, 9.17) is 0 Å². The summed E-state index contributed by atoms with van der Waals surface area (Å²) in [5.74, 6) is 0.877. The molecule has 0 amide bonds. The molecule has 0 saturated heterocycles. The van der Waals surface area contributed by atoms with Crippen LogP contribution in [0.1, 0.15) is 11.1 Å². The molecule has 0 N–H and O–H groups in total. The largest absolute Gasteiger partial charge is 0.265 e. The maximum absolute atomic E-state index is 4.34. The van der Waals surface area contributed by atoms with Crippen LogP contribution in [0.15, 0.2) is 36.7 Å². The molecule has 3 aromatic heterocycles. The number of benzene rings is 1. The highest BCUT2D eigenvalue weighted by Crippen LogP contribution is 2.32. The number of hydrogen-bond acceptors (Lipinski definition) is 4. The summed E-state index contributed by atoms with van der Waals surface area (Å²) in [6, 6.07) is 8.25. The quantitative estimate of drug-likeness (QED) is 0.535. The van der Waals surface area contributed by atoms with E-state index in [9.17, 15) is 0 Å². The molecule has 4 nitrogen and oxygen atoms in total. The Morgan fingerprint density at radius 2 is 1.80 bits per heavy atom. The highest BCUT2D eigenvalue weighted by Gasteiger charge is 2.15. The summed E-state index contributed by atoms with van der Waals surface area (Å²) in [4.78, 5) is 4.99. The summed E-state index contributed by atoms with van der Waals surface area (Å²) < 4.78 is 3.39. The molecule has 0 aliphatic carbocycles. The van der Waals surface area contributed by atoms with Gasteiger partial charge in [-0.2, -0.15) is 0 Å². The fraction of sp³-hybridized carbons (Fsp3) is 0.133. The van der Waals surface area contributed by atoms with Gasteiger partial charge in [0.2, 0.25) is 4.96 Å². The van der Waals surface area contributed by atoms with E-state index in [0.29, 0.717) is 0 Å². The highest BCUT2D eigenvalue weighted by atomic mass is 32.1. The fourth-order valence-corrected chi connectivity index (χ4v) is 3.48. The average molecular weight is 280 g/mol. The minimum absolute atomic E-state index is 0.877. The number of thiazole rings is 1. The van der Waals surface area contributed by atoms with Gasteiger partial charge in [-0.3, -0.25) is 9.38 Å². The van der Waals surface area contributed by atoms with E-state index >= 15 is 0 Å². The molecule has 98 valence electrons. The molecule has 0 spiro atoms. The predicted molar refractivity (Wildman–Crippen MR) is 81.1 cm³/mol. The summed E-state index contributed by atoms with van der Waals surface area (Å²) in [6.45, 7) is 4.29. The van der Waals surface area contributed by atoms with Crippen LogP contribution in [-0.2, 0) is 0 Å². The van der Waals surface area contributed by atoms with Crippen molar-refractivity contribution >= 4 is 26.5 Å². The van der Waals surface area contributed by atoms with Crippen LogP contribution in [-0.4, -0.2) is 19.6 Å². The molecule has 0 aliphatic rings. The summed E-state index contributed by atoms with van der Waals surface area (Å²) in [7, 11) is 0. The maximum atomic E-state index is 4.34. The van der Waals surface area contributed by atoms with E-state index in [1.54, 1.807) is 23.7 Å². The van der Waals surface area contributed by atoms with E-state index in [1.165, 1.54) is 21.3 Å². The molecule has 0 atom stereocenters. The van der Waals surface area contributed by atoms with Gasteiger partial charge in [0.25, 0.3) is 0 Å². The fourth-order valence-electron chi connectivity index (χ4n) is 2.46. The van der Waals surface area contributed by atoms with Crippen molar-refractivity contribution in [3.05, 3.63) is 47.8 Å². The van der Waals surface area contributed by atoms with Gasteiger partial charge in [0.05, 0.1) is 10.2 Å². The molecular formula is C15H12N4S. The van der Waals surface area contributed by atoms with E-state index in [-0.39, 0.29) is 0 Å². The van der Waals surface area contributed by atoms with Crippen LogP contribution in [0.2, 0.25) is 0 Å². The van der Waals surface area contributed by atoms with Gasteiger partial charge in [0, 0.05) is 18.0 Å². The van der Waals surface area contributed by atoms with Crippen molar-refractivity contribution in [3.63, 3.8) is 0 Å². The Balaban J connectivity index is 2.16. The van der Waals surface area contributed by atoms with Gasteiger partial charge in [-0.25, -0.2) is 0 Å². The van der Waals surface area contributed by atoms with Gasteiger partial charge in [-0.05, 0) is 43.2 Å². The average Bonchev–Trinajstić information content (AvgIpc) is 3.02. The molecule has 5 heteroatoms. The summed E-state index contributed by atoms with van der Waals surface area (Å²) in [6.07, 6.45) is 3.56. The Bertz CT molecular complexity index is 921. The zero-order chi connectivity index (χ0) is 13.7. The standard InChI is InChI=1S/C15H12N4S/c1-9-3-4-12-13(10(9)2)19-14(17-18-15(19)20-12)11-5-7-16-8-6-11/h3-8H,1-2H3. The van der Waals surface area contributed by atoms with Gasteiger partial charge in [0.15, 0.2) is 5.82 Å². The van der Waals surface area contributed by atoms with Crippen molar-refractivity contribution in [2.45, 2.75) is 13.8 Å². The van der Waals surface area contributed by atoms with Crippen molar-refractivity contribution in [2.75, 3.05) is 0 Å². The highest BCUT2D eigenvalue weighted by molar-refractivity contribution is 7.23. The third kappa shape index (κ3) is 1.50. The third-order valence-electron chi connectivity index (χ3n) is 3.66. The molecule has 0 saturated carbocycles. The molecule has 3 heterocycles. The second-order valence-electron chi connectivity index (χ2n) is 4.83. The Morgan fingerprint density at radius 3 is 2.60 bits per heavy atom. The number of fused-ring (bicyclic) bond motifs is 3. The third-order valence-corrected chi connectivity index (χ3v) is 4.66. The first-order chi connectivity index (χ1) is 9.75. The minimum Gasteiger partial charge on any atom is -0.265 e. The van der Waals surface area contributed by atoms with Crippen LogP contribution in [0.5, 0.6) is 0 Å². The van der Waals surface area contributed by atoms with Crippen molar-refractivity contribution in [2.24, 2.45) is 0 Å². The van der Waals surface area contributed by atoms with Crippen LogP contribution in [0.25, 0.3) is 26.6 Å². The molecule has 4 aromatic rings.